The highest BCUT2D eigenvalue weighted by Crippen LogP contribution is 2.27. The fourth-order valence-corrected chi connectivity index (χ4v) is 4.55. The van der Waals surface area contributed by atoms with Crippen molar-refractivity contribution in [3.8, 4) is 11.5 Å². The maximum Gasteiger partial charge on any atom is 0.335 e. The fraction of sp³-hybridized carbons (Fsp3) is 0.276. The van der Waals surface area contributed by atoms with E-state index in [1.807, 2.05) is 13.0 Å². The van der Waals surface area contributed by atoms with E-state index in [-0.39, 0.29) is 23.5 Å². The first-order valence-corrected chi connectivity index (χ1v) is 12.5. The molecule has 39 heavy (non-hydrogen) atoms. The Morgan fingerprint density at radius 1 is 1.05 bits per heavy atom. The summed E-state index contributed by atoms with van der Waals surface area (Å²) in [7, 11) is 1.52. The zero-order chi connectivity index (χ0) is 27.9. The molecule has 1 fully saturated rings. The predicted octanol–water partition coefficient (Wildman–Crippen LogP) is 5.25. The summed E-state index contributed by atoms with van der Waals surface area (Å²) in [6.07, 6.45) is 1.28. The number of hydrogen-bond donors (Lipinski definition) is 3. The number of likely N-dealkylation sites (tertiary alicyclic amines) is 1. The number of carbonyl (C=O) groups excluding carboxylic acids is 2. The summed E-state index contributed by atoms with van der Waals surface area (Å²) in [5.74, 6) is -0.497. The number of urea groups is 1. The normalized spacial score (nSPS) is 15.8. The van der Waals surface area contributed by atoms with Crippen LogP contribution in [0.3, 0.4) is 0 Å². The van der Waals surface area contributed by atoms with Crippen molar-refractivity contribution in [2.24, 2.45) is 0 Å². The van der Waals surface area contributed by atoms with Crippen LogP contribution >= 0.6 is 0 Å². The first-order valence-electron chi connectivity index (χ1n) is 12.5. The molecule has 3 N–H and O–H groups in total. The number of para-hydroxylation sites is 2. The van der Waals surface area contributed by atoms with Crippen LogP contribution in [-0.2, 0) is 11.2 Å². The van der Waals surface area contributed by atoms with Gasteiger partial charge in [-0.1, -0.05) is 24.3 Å². The van der Waals surface area contributed by atoms with E-state index >= 15 is 4.39 Å². The molecule has 3 aromatic carbocycles. The monoisotopic (exact) mass is 535 g/mol. The Hall–Kier alpha value is -4.44. The van der Waals surface area contributed by atoms with Crippen molar-refractivity contribution in [3.63, 3.8) is 0 Å². The maximum absolute atomic E-state index is 15.0. The lowest BCUT2D eigenvalue weighted by atomic mass is 10.00. The number of ketones is 1. The van der Waals surface area contributed by atoms with Crippen molar-refractivity contribution in [3.05, 3.63) is 83.4 Å². The molecule has 2 atom stereocenters. The van der Waals surface area contributed by atoms with E-state index in [9.17, 15) is 14.4 Å². The molecule has 9 nitrogen and oxygen atoms in total. The summed E-state index contributed by atoms with van der Waals surface area (Å²) in [4.78, 5) is 38.0. The molecule has 1 aliphatic rings. The molecule has 0 radical (unpaired) electrons. The van der Waals surface area contributed by atoms with Crippen LogP contribution in [-0.4, -0.2) is 54.0 Å². The van der Waals surface area contributed by atoms with Crippen molar-refractivity contribution >= 4 is 29.2 Å². The van der Waals surface area contributed by atoms with Gasteiger partial charge in [0.1, 0.15) is 11.5 Å². The number of rotatable bonds is 10. The number of carboxylic acid groups (broad SMARTS) is 1. The summed E-state index contributed by atoms with van der Waals surface area (Å²) in [6, 6.07) is 16.8. The molecule has 0 spiro atoms. The van der Waals surface area contributed by atoms with Gasteiger partial charge in [-0.15, -0.1) is 0 Å². The maximum atomic E-state index is 15.0. The quantitative estimate of drug-likeness (QED) is 0.304. The number of anilines is 2. The summed E-state index contributed by atoms with van der Waals surface area (Å²) in [6.45, 7) is 0.357. The molecule has 4 rings (SSSR count). The van der Waals surface area contributed by atoms with Gasteiger partial charge in [-0.2, -0.15) is 4.39 Å². The second-order valence-electron chi connectivity index (χ2n) is 9.21. The van der Waals surface area contributed by atoms with Crippen molar-refractivity contribution in [2.75, 3.05) is 24.3 Å². The standard InChI is InChI=1S/C29H30FN3O6/c1-18-16-19(9-14-22(18)31-29(37)32-23-6-3-4-8-26(23)38-2)17-25(34)24-7-5-15-33(24)28(30)39-21-12-10-20(11-13-21)27(35)36/h3-4,6,8-14,16,24,28H,5,7,15,17H2,1-2H3,(H,35,36)(H2,31,32,37)/t24-,28-/m0/s1. The van der Waals surface area contributed by atoms with Gasteiger partial charge in [0.25, 0.3) is 6.48 Å². The van der Waals surface area contributed by atoms with E-state index in [4.69, 9.17) is 14.6 Å². The average molecular weight is 536 g/mol. The van der Waals surface area contributed by atoms with Gasteiger partial charge in [0.05, 0.1) is 24.4 Å². The smallest absolute Gasteiger partial charge is 0.335 e. The largest absolute Gasteiger partial charge is 0.495 e. The fourth-order valence-electron chi connectivity index (χ4n) is 4.55. The lowest BCUT2D eigenvalue weighted by Crippen LogP contribution is -2.44. The molecular weight excluding hydrogens is 505 g/mol. The summed E-state index contributed by atoms with van der Waals surface area (Å²) in [5.41, 5.74) is 2.72. The number of amides is 2. The van der Waals surface area contributed by atoms with Crippen molar-refractivity contribution in [1.29, 1.82) is 0 Å². The second-order valence-corrected chi connectivity index (χ2v) is 9.21. The summed E-state index contributed by atoms with van der Waals surface area (Å²) < 4.78 is 25.6. The first kappa shape index (κ1) is 27.6. The molecular formula is C29H30FN3O6. The van der Waals surface area contributed by atoms with Gasteiger partial charge in [-0.25, -0.2) is 14.5 Å². The van der Waals surface area contributed by atoms with Gasteiger partial charge < -0.3 is 25.2 Å². The van der Waals surface area contributed by atoms with Crippen molar-refractivity contribution in [1.82, 2.24) is 4.90 Å². The molecule has 1 heterocycles. The van der Waals surface area contributed by atoms with Crippen LogP contribution in [0.2, 0.25) is 0 Å². The number of hydrogen-bond acceptors (Lipinski definition) is 6. The van der Waals surface area contributed by atoms with Crippen LogP contribution in [0.5, 0.6) is 11.5 Å². The molecule has 204 valence electrons. The third-order valence-electron chi connectivity index (χ3n) is 6.53. The van der Waals surface area contributed by atoms with Gasteiger partial charge in [-0.05, 0) is 73.4 Å². The van der Waals surface area contributed by atoms with E-state index < -0.39 is 24.5 Å². The van der Waals surface area contributed by atoms with Gasteiger partial charge >= 0.3 is 12.0 Å². The Kier molecular flexibility index (Phi) is 8.77. The molecule has 0 aliphatic carbocycles. The van der Waals surface area contributed by atoms with E-state index in [0.29, 0.717) is 36.5 Å². The molecule has 0 bridgehead atoms. The highest BCUT2D eigenvalue weighted by molar-refractivity contribution is 6.01. The Bertz CT molecular complexity index is 1350. The van der Waals surface area contributed by atoms with Crippen LogP contribution in [0.4, 0.5) is 20.6 Å². The van der Waals surface area contributed by atoms with Crippen molar-refractivity contribution in [2.45, 2.75) is 38.7 Å². The van der Waals surface area contributed by atoms with Crippen LogP contribution in [0.25, 0.3) is 0 Å². The highest BCUT2D eigenvalue weighted by Gasteiger charge is 2.36. The van der Waals surface area contributed by atoms with Crippen molar-refractivity contribution < 1.29 is 33.4 Å². The molecule has 2 amide bonds. The van der Waals surface area contributed by atoms with Crippen LogP contribution in [0.15, 0.2) is 66.7 Å². The Morgan fingerprint density at radius 3 is 2.46 bits per heavy atom. The van der Waals surface area contributed by atoms with Gasteiger partial charge in [-0.3, -0.25) is 4.79 Å². The number of aryl methyl sites for hydroxylation is 1. The Morgan fingerprint density at radius 2 is 1.77 bits per heavy atom. The summed E-state index contributed by atoms with van der Waals surface area (Å²) >= 11 is 0. The molecule has 0 saturated carbocycles. The SMILES string of the molecule is COc1ccccc1NC(=O)Nc1ccc(CC(=O)[C@@H]2CCCN2[C@H](F)Oc2ccc(C(=O)O)cc2)cc1C. The third kappa shape index (κ3) is 6.91. The zero-order valence-electron chi connectivity index (χ0n) is 21.6. The minimum atomic E-state index is -1.84. The number of aromatic carboxylic acids is 1. The average Bonchev–Trinajstić information content (AvgIpc) is 3.41. The predicted molar refractivity (Wildman–Crippen MR) is 144 cm³/mol. The van der Waals surface area contributed by atoms with E-state index in [1.165, 1.54) is 36.3 Å². The van der Waals surface area contributed by atoms with E-state index in [0.717, 1.165) is 11.1 Å². The molecule has 1 aliphatic heterocycles. The van der Waals surface area contributed by atoms with Gasteiger partial charge in [0, 0.05) is 18.7 Å². The highest BCUT2D eigenvalue weighted by atomic mass is 19.1. The Labute approximate surface area is 225 Å². The lowest BCUT2D eigenvalue weighted by molar-refractivity contribution is -0.133. The number of methoxy groups -OCH3 is 1. The number of carboxylic acids is 1. The molecule has 10 heteroatoms. The lowest BCUT2D eigenvalue weighted by Gasteiger charge is -2.27. The number of nitrogens with zero attached hydrogens (tertiary/aromatic N) is 1. The topological polar surface area (TPSA) is 117 Å². The van der Waals surface area contributed by atoms with E-state index in [1.54, 1.807) is 36.4 Å². The third-order valence-corrected chi connectivity index (χ3v) is 6.53. The van der Waals surface area contributed by atoms with E-state index in [2.05, 4.69) is 10.6 Å². The number of carbonyl (C=O) groups is 3. The van der Waals surface area contributed by atoms with Crippen LogP contribution < -0.4 is 20.1 Å². The number of nitrogens with one attached hydrogen (secondary N) is 2. The number of ether oxygens (including phenoxy) is 2. The zero-order valence-corrected chi connectivity index (χ0v) is 21.6. The number of Topliss-reactive ketones (excluding diaryl/α,β-unsaturated/α-hetero) is 1. The number of alkyl halides is 1. The Balaban J connectivity index is 1.35. The second kappa shape index (κ2) is 12.4. The number of benzene rings is 3. The first-order chi connectivity index (χ1) is 18.7. The summed E-state index contributed by atoms with van der Waals surface area (Å²) in [5, 5.41) is 14.6. The molecule has 0 unspecified atom stereocenters. The van der Waals surface area contributed by atoms with Crippen LogP contribution in [0, 0.1) is 6.92 Å². The van der Waals surface area contributed by atoms with Gasteiger partial charge in [0.15, 0.2) is 5.78 Å². The molecule has 3 aromatic rings. The number of halogens is 1. The molecule has 0 aromatic heterocycles. The molecule has 1 saturated heterocycles. The minimum Gasteiger partial charge on any atom is -0.495 e. The van der Waals surface area contributed by atoms with Gasteiger partial charge in [0.2, 0.25) is 0 Å². The minimum absolute atomic E-state index is 0.0700. The van der Waals surface area contributed by atoms with Crippen LogP contribution in [0.1, 0.15) is 34.3 Å².